The Morgan fingerprint density at radius 3 is 2.93 bits per heavy atom. The first-order chi connectivity index (χ1) is 7.13. The Morgan fingerprint density at radius 1 is 1.60 bits per heavy atom. The van der Waals surface area contributed by atoms with Gasteiger partial charge in [0.05, 0.1) is 7.11 Å². The molecule has 0 aliphatic carbocycles. The first kappa shape index (κ1) is 11.3. The van der Waals surface area contributed by atoms with Crippen LogP contribution in [-0.2, 0) is 4.79 Å². The summed E-state index contributed by atoms with van der Waals surface area (Å²) in [5.41, 5.74) is 6.17. The highest BCUT2D eigenvalue weighted by Crippen LogP contribution is 2.13. The zero-order valence-corrected chi connectivity index (χ0v) is 8.38. The molecule has 1 aromatic carbocycles. The summed E-state index contributed by atoms with van der Waals surface area (Å²) in [4.78, 5) is 10.4. The Morgan fingerprint density at radius 2 is 2.33 bits per heavy atom. The van der Waals surface area contributed by atoms with Crippen molar-refractivity contribution in [3.63, 3.8) is 0 Å². The van der Waals surface area contributed by atoms with E-state index in [1.165, 1.54) is 6.08 Å². The van der Waals surface area contributed by atoms with Crippen LogP contribution in [0.3, 0.4) is 0 Å². The molecule has 0 aliphatic heterocycles. The van der Waals surface area contributed by atoms with Crippen LogP contribution >= 0.6 is 0 Å². The minimum Gasteiger partial charge on any atom is -0.497 e. The Bertz CT molecular complexity index is 374. The third-order valence-electron chi connectivity index (χ3n) is 1.87. The van der Waals surface area contributed by atoms with Gasteiger partial charge in [0.15, 0.2) is 0 Å². The zero-order valence-electron chi connectivity index (χ0n) is 8.38. The average Bonchev–Trinajstić information content (AvgIpc) is 2.26. The molecule has 1 rings (SSSR count). The molecule has 1 atom stereocenters. The molecule has 0 amide bonds. The maximum Gasteiger partial charge on any atom is 0.324 e. The topological polar surface area (TPSA) is 72.5 Å². The fraction of sp³-hybridized carbons (Fsp3) is 0.182. The molecule has 0 radical (unpaired) electrons. The molecule has 4 heteroatoms. The molecule has 0 heterocycles. The zero-order chi connectivity index (χ0) is 11.3. The molecular formula is C11H13NO3. The molecular weight excluding hydrogens is 194 g/mol. The number of ether oxygens (including phenoxy) is 1. The number of hydrogen-bond donors (Lipinski definition) is 2. The van der Waals surface area contributed by atoms with Gasteiger partial charge in [-0.1, -0.05) is 24.3 Å². The molecule has 1 aromatic rings. The van der Waals surface area contributed by atoms with E-state index in [0.29, 0.717) is 0 Å². The van der Waals surface area contributed by atoms with E-state index in [0.717, 1.165) is 11.3 Å². The van der Waals surface area contributed by atoms with Crippen LogP contribution in [-0.4, -0.2) is 24.2 Å². The Balaban J connectivity index is 2.75. The van der Waals surface area contributed by atoms with Gasteiger partial charge >= 0.3 is 5.97 Å². The lowest BCUT2D eigenvalue weighted by Crippen LogP contribution is -2.27. The number of rotatable bonds is 4. The monoisotopic (exact) mass is 207 g/mol. The van der Waals surface area contributed by atoms with Crippen LogP contribution < -0.4 is 10.5 Å². The van der Waals surface area contributed by atoms with Crippen LogP contribution in [0.4, 0.5) is 0 Å². The number of carboxylic acid groups (broad SMARTS) is 1. The van der Waals surface area contributed by atoms with Crippen LogP contribution in [0.15, 0.2) is 30.3 Å². The van der Waals surface area contributed by atoms with E-state index in [9.17, 15) is 4.79 Å². The number of nitrogens with two attached hydrogens (primary N) is 1. The fourth-order valence-corrected chi connectivity index (χ4v) is 1.04. The molecule has 0 saturated heterocycles. The predicted octanol–water partition coefficient (Wildman–Crippen LogP) is 1.12. The molecule has 3 N–H and O–H groups in total. The van der Waals surface area contributed by atoms with Crippen molar-refractivity contribution in [3.8, 4) is 5.75 Å². The van der Waals surface area contributed by atoms with Crippen LogP contribution in [0, 0.1) is 0 Å². The quantitative estimate of drug-likeness (QED) is 0.776. The molecule has 0 saturated carbocycles. The van der Waals surface area contributed by atoms with Crippen molar-refractivity contribution < 1.29 is 14.6 Å². The van der Waals surface area contributed by atoms with E-state index in [1.54, 1.807) is 19.3 Å². The van der Waals surface area contributed by atoms with Crippen molar-refractivity contribution in [1.29, 1.82) is 0 Å². The highest BCUT2D eigenvalue weighted by molar-refractivity contribution is 5.77. The van der Waals surface area contributed by atoms with Gasteiger partial charge in [-0.2, -0.15) is 0 Å². The van der Waals surface area contributed by atoms with Gasteiger partial charge in [-0.3, -0.25) is 4.79 Å². The summed E-state index contributed by atoms with van der Waals surface area (Å²) in [6, 6.07) is 6.30. The van der Waals surface area contributed by atoms with Crippen LogP contribution in [0.1, 0.15) is 5.56 Å². The average molecular weight is 207 g/mol. The van der Waals surface area contributed by atoms with Crippen molar-refractivity contribution >= 4 is 12.0 Å². The van der Waals surface area contributed by atoms with Gasteiger partial charge in [-0.25, -0.2) is 0 Å². The summed E-state index contributed by atoms with van der Waals surface area (Å²) in [5, 5.41) is 8.56. The molecule has 4 nitrogen and oxygen atoms in total. The van der Waals surface area contributed by atoms with E-state index in [-0.39, 0.29) is 0 Å². The molecule has 15 heavy (non-hydrogen) atoms. The lowest BCUT2D eigenvalue weighted by atomic mass is 10.1. The molecule has 0 spiro atoms. The van der Waals surface area contributed by atoms with Gasteiger partial charge < -0.3 is 15.6 Å². The Kier molecular flexibility index (Phi) is 3.88. The summed E-state index contributed by atoms with van der Waals surface area (Å²) in [6.07, 6.45) is 3.08. The van der Waals surface area contributed by atoms with E-state index >= 15 is 0 Å². The maximum absolute atomic E-state index is 10.4. The lowest BCUT2D eigenvalue weighted by molar-refractivity contribution is -0.137. The van der Waals surface area contributed by atoms with Gasteiger partial charge in [-0.05, 0) is 17.7 Å². The highest BCUT2D eigenvalue weighted by atomic mass is 16.5. The standard InChI is InChI=1S/C11H13NO3/c1-15-9-4-2-3-8(7-9)5-6-10(12)11(13)14/h2-7,10H,12H2,1H3,(H,13,14)/b6-5+. The van der Waals surface area contributed by atoms with Gasteiger partial charge in [0.2, 0.25) is 0 Å². The fourth-order valence-electron chi connectivity index (χ4n) is 1.04. The normalized spacial score (nSPS) is 12.7. The first-order valence-electron chi connectivity index (χ1n) is 4.44. The van der Waals surface area contributed by atoms with Crippen LogP contribution in [0.5, 0.6) is 5.75 Å². The largest absolute Gasteiger partial charge is 0.497 e. The second kappa shape index (κ2) is 5.17. The summed E-state index contributed by atoms with van der Waals surface area (Å²) >= 11 is 0. The number of aliphatic carboxylic acids is 1. The molecule has 0 aromatic heterocycles. The molecule has 0 bridgehead atoms. The second-order valence-corrected chi connectivity index (χ2v) is 3.00. The van der Waals surface area contributed by atoms with Gasteiger partial charge in [0.25, 0.3) is 0 Å². The number of carboxylic acids is 1. The van der Waals surface area contributed by atoms with Crippen molar-refractivity contribution in [2.75, 3.05) is 7.11 Å². The van der Waals surface area contributed by atoms with Crippen LogP contribution in [0.25, 0.3) is 6.08 Å². The number of benzene rings is 1. The first-order valence-corrected chi connectivity index (χ1v) is 4.44. The van der Waals surface area contributed by atoms with Gasteiger partial charge in [0.1, 0.15) is 11.8 Å². The van der Waals surface area contributed by atoms with E-state index in [4.69, 9.17) is 15.6 Å². The Hall–Kier alpha value is -1.81. The lowest BCUT2D eigenvalue weighted by Gasteiger charge is -2.01. The number of hydrogen-bond acceptors (Lipinski definition) is 3. The summed E-state index contributed by atoms with van der Waals surface area (Å²) in [5.74, 6) is -0.324. The summed E-state index contributed by atoms with van der Waals surface area (Å²) in [6.45, 7) is 0. The van der Waals surface area contributed by atoms with Gasteiger partial charge in [-0.15, -0.1) is 0 Å². The molecule has 1 unspecified atom stereocenters. The van der Waals surface area contributed by atoms with E-state index in [2.05, 4.69) is 0 Å². The summed E-state index contributed by atoms with van der Waals surface area (Å²) in [7, 11) is 1.58. The smallest absolute Gasteiger partial charge is 0.324 e. The van der Waals surface area contributed by atoms with Crippen LogP contribution in [0.2, 0.25) is 0 Å². The second-order valence-electron chi connectivity index (χ2n) is 3.00. The third kappa shape index (κ3) is 3.44. The number of methoxy groups -OCH3 is 1. The van der Waals surface area contributed by atoms with Crippen molar-refractivity contribution in [3.05, 3.63) is 35.9 Å². The minimum atomic E-state index is -1.05. The highest BCUT2D eigenvalue weighted by Gasteiger charge is 2.05. The minimum absolute atomic E-state index is 0.723. The molecule has 0 aliphatic rings. The maximum atomic E-state index is 10.4. The third-order valence-corrected chi connectivity index (χ3v) is 1.87. The van der Waals surface area contributed by atoms with Crippen molar-refractivity contribution in [2.45, 2.75) is 6.04 Å². The summed E-state index contributed by atoms with van der Waals surface area (Å²) < 4.78 is 5.03. The van der Waals surface area contributed by atoms with Crippen molar-refractivity contribution in [2.24, 2.45) is 5.73 Å². The Labute approximate surface area is 88.0 Å². The predicted molar refractivity (Wildman–Crippen MR) is 57.6 cm³/mol. The molecule has 80 valence electrons. The SMILES string of the molecule is COc1cccc(/C=C/C(N)C(=O)O)c1. The van der Waals surface area contributed by atoms with Gasteiger partial charge in [0, 0.05) is 0 Å². The van der Waals surface area contributed by atoms with E-state index in [1.807, 2.05) is 18.2 Å². The number of carbonyl (C=O) groups is 1. The van der Waals surface area contributed by atoms with E-state index < -0.39 is 12.0 Å². The van der Waals surface area contributed by atoms with Crippen molar-refractivity contribution in [1.82, 2.24) is 0 Å². The molecule has 0 fully saturated rings.